The number of carbonyl (C=O) groups is 1. The number of hydrogen-bond donors (Lipinski definition) is 1. The van der Waals surface area contributed by atoms with Crippen LogP contribution in [-0.4, -0.2) is 30.1 Å². The second kappa shape index (κ2) is 3.51. The van der Waals surface area contributed by atoms with Crippen LogP contribution in [-0.2, 0) is 0 Å². The van der Waals surface area contributed by atoms with E-state index in [1.807, 2.05) is 4.90 Å². The number of halogens is 1. The summed E-state index contributed by atoms with van der Waals surface area (Å²) >= 11 is 6.03. The Kier molecular flexibility index (Phi) is 2.44. The summed E-state index contributed by atoms with van der Waals surface area (Å²) < 4.78 is 0. The van der Waals surface area contributed by atoms with Crippen LogP contribution in [0, 0.1) is 0 Å². The van der Waals surface area contributed by atoms with Gasteiger partial charge in [-0.15, -0.1) is 0 Å². The van der Waals surface area contributed by atoms with Crippen molar-refractivity contribution < 1.29 is 9.90 Å². The minimum absolute atomic E-state index is 0.511. The van der Waals surface area contributed by atoms with Crippen molar-refractivity contribution in [3.63, 3.8) is 0 Å². The number of para-hydroxylation sites is 1. The number of hydrogen-bond acceptors (Lipinski definition) is 3. The van der Waals surface area contributed by atoms with Crippen LogP contribution >= 0.6 is 11.6 Å². The van der Waals surface area contributed by atoms with Gasteiger partial charge in [-0.05, 0) is 19.1 Å². The molecule has 0 atom stereocenters. The van der Waals surface area contributed by atoms with E-state index >= 15 is 0 Å². The van der Waals surface area contributed by atoms with Crippen LogP contribution in [0.1, 0.15) is 17.3 Å². The molecule has 3 nitrogen and oxygen atoms in total. The molecule has 4 heteroatoms. The first-order valence-corrected chi connectivity index (χ1v) is 5.12. The highest BCUT2D eigenvalue weighted by atomic mass is 35.5. The molecule has 0 radical (unpaired) electrons. The lowest BCUT2D eigenvalue weighted by atomic mass is 9.95. The fourth-order valence-corrected chi connectivity index (χ4v) is 2.20. The third kappa shape index (κ3) is 1.85. The third-order valence-corrected chi connectivity index (χ3v) is 2.83. The third-order valence-electron chi connectivity index (χ3n) is 2.52. The van der Waals surface area contributed by atoms with Crippen LogP contribution in [0.2, 0.25) is 5.02 Å². The summed E-state index contributed by atoms with van der Waals surface area (Å²) in [6.45, 7) is 2.79. The number of anilines is 1. The van der Waals surface area contributed by atoms with Crippen molar-refractivity contribution in [1.29, 1.82) is 0 Å². The maximum atomic E-state index is 10.8. The molecule has 15 heavy (non-hydrogen) atoms. The van der Waals surface area contributed by atoms with Crippen molar-refractivity contribution in [3.05, 3.63) is 28.8 Å². The van der Waals surface area contributed by atoms with Gasteiger partial charge in [-0.2, -0.15) is 0 Å². The Morgan fingerprint density at radius 2 is 2.20 bits per heavy atom. The lowest BCUT2D eigenvalue weighted by molar-refractivity contribution is 0.0309. The topological polar surface area (TPSA) is 40.5 Å². The van der Waals surface area contributed by atoms with E-state index in [0.717, 1.165) is 12.0 Å². The Bertz CT molecular complexity index is 396. The number of benzene rings is 1. The van der Waals surface area contributed by atoms with Crippen molar-refractivity contribution in [3.8, 4) is 0 Å². The Balaban J connectivity index is 2.32. The van der Waals surface area contributed by atoms with E-state index in [9.17, 15) is 9.90 Å². The molecule has 1 saturated heterocycles. The number of rotatable bonds is 2. The van der Waals surface area contributed by atoms with Gasteiger partial charge >= 0.3 is 0 Å². The molecule has 0 amide bonds. The van der Waals surface area contributed by atoms with Gasteiger partial charge in [0.05, 0.1) is 16.3 Å². The molecule has 0 spiro atoms. The van der Waals surface area contributed by atoms with E-state index in [4.69, 9.17) is 11.6 Å². The van der Waals surface area contributed by atoms with Gasteiger partial charge in [0.25, 0.3) is 0 Å². The molecule has 0 bridgehead atoms. The predicted octanol–water partition coefficient (Wildman–Crippen LogP) is 1.72. The summed E-state index contributed by atoms with van der Waals surface area (Å²) in [5.74, 6) is 0. The summed E-state index contributed by atoms with van der Waals surface area (Å²) in [5, 5.41) is 10.2. The highest BCUT2D eigenvalue weighted by Crippen LogP contribution is 2.35. The van der Waals surface area contributed by atoms with Crippen LogP contribution in [0.3, 0.4) is 0 Å². The number of aldehydes is 1. The number of aliphatic hydroxyl groups is 1. The zero-order valence-electron chi connectivity index (χ0n) is 8.40. The first-order valence-electron chi connectivity index (χ1n) is 4.74. The lowest BCUT2D eigenvalue weighted by Crippen LogP contribution is -2.60. The fourth-order valence-electron chi connectivity index (χ4n) is 1.89. The van der Waals surface area contributed by atoms with Gasteiger partial charge in [0.2, 0.25) is 0 Å². The van der Waals surface area contributed by atoms with E-state index in [0.29, 0.717) is 23.7 Å². The van der Waals surface area contributed by atoms with Crippen LogP contribution in [0.15, 0.2) is 18.2 Å². The molecule has 0 aliphatic carbocycles. The second-order valence-electron chi connectivity index (χ2n) is 4.15. The molecular weight excluding hydrogens is 214 g/mol. The molecule has 0 aromatic heterocycles. The molecule has 2 rings (SSSR count). The highest BCUT2D eigenvalue weighted by molar-refractivity contribution is 6.34. The zero-order chi connectivity index (χ0) is 11.1. The SMILES string of the molecule is CC1(O)CN(c2c(Cl)cccc2C=O)C1. The van der Waals surface area contributed by atoms with Crippen molar-refractivity contribution in [2.75, 3.05) is 18.0 Å². The van der Waals surface area contributed by atoms with Crippen LogP contribution in [0.5, 0.6) is 0 Å². The van der Waals surface area contributed by atoms with Crippen molar-refractivity contribution in [1.82, 2.24) is 0 Å². The second-order valence-corrected chi connectivity index (χ2v) is 4.56. The monoisotopic (exact) mass is 225 g/mol. The van der Waals surface area contributed by atoms with Gasteiger partial charge in [-0.1, -0.05) is 17.7 Å². The van der Waals surface area contributed by atoms with Gasteiger partial charge in [-0.3, -0.25) is 4.79 Å². The Labute approximate surface area is 93.3 Å². The standard InChI is InChI=1S/C11H12ClNO2/c1-11(15)6-13(7-11)10-8(5-14)3-2-4-9(10)12/h2-5,15H,6-7H2,1H3. The van der Waals surface area contributed by atoms with Gasteiger partial charge in [0.15, 0.2) is 6.29 Å². The maximum Gasteiger partial charge on any atom is 0.152 e. The molecule has 1 aromatic rings. The fraction of sp³-hybridized carbons (Fsp3) is 0.364. The summed E-state index contributed by atoms with van der Waals surface area (Å²) in [7, 11) is 0. The van der Waals surface area contributed by atoms with Gasteiger partial charge in [0.1, 0.15) is 0 Å². The quantitative estimate of drug-likeness (QED) is 0.780. The van der Waals surface area contributed by atoms with E-state index in [2.05, 4.69) is 0 Å². The summed E-state index contributed by atoms with van der Waals surface area (Å²) in [6.07, 6.45) is 0.786. The highest BCUT2D eigenvalue weighted by Gasteiger charge is 2.38. The molecule has 1 aromatic carbocycles. The molecule has 80 valence electrons. The van der Waals surface area contributed by atoms with Gasteiger partial charge < -0.3 is 10.0 Å². The molecule has 0 unspecified atom stereocenters. The lowest BCUT2D eigenvalue weighted by Gasteiger charge is -2.46. The number of carbonyl (C=O) groups excluding carboxylic acids is 1. The maximum absolute atomic E-state index is 10.8. The van der Waals surface area contributed by atoms with Crippen LogP contribution in [0.4, 0.5) is 5.69 Å². The van der Waals surface area contributed by atoms with Crippen LogP contribution in [0.25, 0.3) is 0 Å². The first-order chi connectivity index (χ1) is 7.03. The van der Waals surface area contributed by atoms with E-state index in [1.54, 1.807) is 25.1 Å². The normalized spacial score (nSPS) is 18.5. The molecule has 1 aliphatic rings. The van der Waals surface area contributed by atoms with E-state index < -0.39 is 5.60 Å². The molecule has 1 fully saturated rings. The Morgan fingerprint density at radius 1 is 1.53 bits per heavy atom. The van der Waals surface area contributed by atoms with E-state index in [1.165, 1.54) is 0 Å². The zero-order valence-corrected chi connectivity index (χ0v) is 9.16. The summed E-state index contributed by atoms with van der Waals surface area (Å²) in [5.41, 5.74) is 0.623. The minimum Gasteiger partial charge on any atom is -0.386 e. The van der Waals surface area contributed by atoms with Crippen molar-refractivity contribution in [2.24, 2.45) is 0 Å². The Morgan fingerprint density at radius 3 is 2.73 bits per heavy atom. The van der Waals surface area contributed by atoms with Gasteiger partial charge in [-0.25, -0.2) is 0 Å². The smallest absolute Gasteiger partial charge is 0.152 e. The minimum atomic E-state index is -0.667. The summed E-state index contributed by atoms with van der Waals surface area (Å²) in [4.78, 5) is 12.7. The number of nitrogens with zero attached hydrogens (tertiary/aromatic N) is 1. The Hall–Kier alpha value is -1.06. The number of β-amino-alcohol motifs (C(OH)–C–C–N with tert-alkyl or cyclic N) is 1. The predicted molar refractivity (Wildman–Crippen MR) is 59.7 cm³/mol. The molecule has 1 aliphatic heterocycles. The molecule has 1 heterocycles. The van der Waals surface area contributed by atoms with Crippen molar-refractivity contribution >= 4 is 23.6 Å². The first kappa shape index (κ1) is 10.5. The van der Waals surface area contributed by atoms with Crippen molar-refractivity contribution in [2.45, 2.75) is 12.5 Å². The van der Waals surface area contributed by atoms with E-state index in [-0.39, 0.29) is 0 Å². The average molecular weight is 226 g/mol. The van der Waals surface area contributed by atoms with Gasteiger partial charge in [0, 0.05) is 18.7 Å². The average Bonchev–Trinajstić information content (AvgIpc) is 2.13. The molecule has 1 N–H and O–H groups in total. The molecular formula is C11H12ClNO2. The summed E-state index contributed by atoms with van der Waals surface area (Å²) in [6, 6.07) is 5.21. The molecule has 0 saturated carbocycles. The van der Waals surface area contributed by atoms with Crippen LogP contribution < -0.4 is 4.90 Å². The largest absolute Gasteiger partial charge is 0.386 e.